The standard InChI is InChI=1S/C19H16N2O/c1-13-17(15-10-6-3-7-11-15)18(21-19(13)22)16(12-20)14-8-4-2-5-9-14/h2-11,13,17H,1H3,(H,21,22)/b18-16+. The molecule has 2 atom stereocenters. The van der Waals surface area contributed by atoms with E-state index in [4.69, 9.17) is 0 Å². The van der Waals surface area contributed by atoms with E-state index in [1.807, 2.05) is 67.6 Å². The highest BCUT2D eigenvalue weighted by molar-refractivity contribution is 5.92. The molecule has 2 unspecified atom stereocenters. The molecule has 1 saturated heterocycles. The van der Waals surface area contributed by atoms with Crippen LogP contribution in [0.2, 0.25) is 0 Å². The molecular formula is C19H16N2O. The Morgan fingerprint density at radius 2 is 1.64 bits per heavy atom. The van der Waals surface area contributed by atoms with E-state index in [-0.39, 0.29) is 17.7 Å². The van der Waals surface area contributed by atoms with Crippen molar-refractivity contribution in [2.24, 2.45) is 5.92 Å². The number of allylic oxidation sites excluding steroid dienone is 2. The lowest BCUT2D eigenvalue weighted by Crippen LogP contribution is -2.17. The Morgan fingerprint density at radius 1 is 1.05 bits per heavy atom. The van der Waals surface area contributed by atoms with Crippen LogP contribution in [0.15, 0.2) is 66.4 Å². The molecule has 3 nitrogen and oxygen atoms in total. The maximum absolute atomic E-state index is 12.2. The summed E-state index contributed by atoms with van der Waals surface area (Å²) in [5.41, 5.74) is 3.12. The first-order valence-electron chi connectivity index (χ1n) is 7.28. The summed E-state index contributed by atoms with van der Waals surface area (Å²) < 4.78 is 0. The van der Waals surface area contributed by atoms with E-state index in [1.54, 1.807) is 0 Å². The number of nitrogens with zero attached hydrogens (tertiary/aromatic N) is 1. The van der Waals surface area contributed by atoms with Crippen LogP contribution in [-0.2, 0) is 4.79 Å². The largest absolute Gasteiger partial charge is 0.328 e. The zero-order valence-electron chi connectivity index (χ0n) is 12.3. The molecule has 2 aromatic rings. The third kappa shape index (κ3) is 2.40. The summed E-state index contributed by atoms with van der Waals surface area (Å²) in [6.07, 6.45) is 0. The van der Waals surface area contributed by atoms with Crippen LogP contribution in [0.5, 0.6) is 0 Å². The number of nitrogens with one attached hydrogen (secondary N) is 1. The van der Waals surface area contributed by atoms with Gasteiger partial charge in [-0.1, -0.05) is 67.6 Å². The van der Waals surface area contributed by atoms with Crippen LogP contribution in [-0.4, -0.2) is 5.91 Å². The van der Waals surface area contributed by atoms with E-state index in [2.05, 4.69) is 11.4 Å². The van der Waals surface area contributed by atoms with Crippen LogP contribution in [0.1, 0.15) is 24.0 Å². The van der Waals surface area contributed by atoms with Gasteiger partial charge in [0.1, 0.15) is 6.07 Å². The minimum atomic E-state index is -0.190. The van der Waals surface area contributed by atoms with Gasteiger partial charge in [0.15, 0.2) is 0 Å². The maximum atomic E-state index is 12.2. The summed E-state index contributed by atoms with van der Waals surface area (Å²) in [7, 11) is 0. The highest BCUT2D eigenvalue weighted by Gasteiger charge is 2.38. The predicted octanol–water partition coefficient (Wildman–Crippen LogP) is 3.47. The number of nitriles is 1. The Labute approximate surface area is 129 Å². The van der Waals surface area contributed by atoms with Gasteiger partial charge in [-0.25, -0.2) is 0 Å². The normalized spacial score (nSPS) is 22.8. The molecule has 1 aliphatic heterocycles. The molecule has 2 aromatic carbocycles. The summed E-state index contributed by atoms with van der Waals surface area (Å²) in [5.74, 6) is -0.333. The van der Waals surface area contributed by atoms with Crippen LogP contribution in [0, 0.1) is 17.2 Å². The zero-order chi connectivity index (χ0) is 15.5. The summed E-state index contributed by atoms with van der Waals surface area (Å²) in [6.45, 7) is 1.90. The van der Waals surface area contributed by atoms with E-state index in [0.717, 1.165) is 11.1 Å². The van der Waals surface area contributed by atoms with Gasteiger partial charge in [0.25, 0.3) is 0 Å². The molecule has 0 spiro atoms. The number of carbonyl (C=O) groups excluding carboxylic acids is 1. The van der Waals surface area contributed by atoms with Crippen molar-refractivity contribution in [3.05, 3.63) is 77.5 Å². The van der Waals surface area contributed by atoms with Crippen molar-refractivity contribution < 1.29 is 4.79 Å². The Hall–Kier alpha value is -2.86. The topological polar surface area (TPSA) is 52.9 Å². The Kier molecular flexibility index (Phi) is 3.76. The molecule has 0 saturated carbocycles. The maximum Gasteiger partial charge on any atom is 0.228 e. The first kappa shape index (κ1) is 14.1. The van der Waals surface area contributed by atoms with E-state index in [1.165, 1.54) is 0 Å². The molecule has 22 heavy (non-hydrogen) atoms. The van der Waals surface area contributed by atoms with Gasteiger partial charge in [-0.3, -0.25) is 4.79 Å². The minimum absolute atomic E-state index is 0.0347. The van der Waals surface area contributed by atoms with Crippen molar-refractivity contribution in [3.8, 4) is 6.07 Å². The van der Waals surface area contributed by atoms with E-state index in [0.29, 0.717) is 11.3 Å². The molecule has 1 amide bonds. The molecule has 0 radical (unpaired) electrons. The van der Waals surface area contributed by atoms with Gasteiger partial charge in [0.05, 0.1) is 5.57 Å². The monoisotopic (exact) mass is 288 g/mol. The number of hydrogen-bond donors (Lipinski definition) is 1. The van der Waals surface area contributed by atoms with Crippen molar-refractivity contribution >= 4 is 11.5 Å². The van der Waals surface area contributed by atoms with Gasteiger partial charge in [-0.15, -0.1) is 0 Å². The van der Waals surface area contributed by atoms with Crippen molar-refractivity contribution in [1.29, 1.82) is 5.26 Å². The van der Waals surface area contributed by atoms with Crippen LogP contribution in [0.25, 0.3) is 5.57 Å². The Morgan fingerprint density at radius 3 is 2.23 bits per heavy atom. The van der Waals surface area contributed by atoms with Gasteiger partial charge in [0.2, 0.25) is 5.91 Å². The highest BCUT2D eigenvalue weighted by atomic mass is 16.2. The van der Waals surface area contributed by atoms with Crippen molar-refractivity contribution in [2.75, 3.05) is 0 Å². The molecule has 3 rings (SSSR count). The first-order valence-corrected chi connectivity index (χ1v) is 7.28. The second-order valence-corrected chi connectivity index (χ2v) is 5.43. The number of hydrogen-bond acceptors (Lipinski definition) is 2. The fraction of sp³-hybridized carbons (Fsp3) is 0.158. The molecule has 1 heterocycles. The average molecular weight is 288 g/mol. The van der Waals surface area contributed by atoms with E-state index < -0.39 is 0 Å². The lowest BCUT2D eigenvalue weighted by atomic mass is 9.85. The van der Waals surface area contributed by atoms with Crippen molar-refractivity contribution in [1.82, 2.24) is 5.32 Å². The molecule has 108 valence electrons. The summed E-state index contributed by atoms with van der Waals surface area (Å²) >= 11 is 0. The number of amides is 1. The fourth-order valence-electron chi connectivity index (χ4n) is 2.94. The third-order valence-corrected chi connectivity index (χ3v) is 4.08. The van der Waals surface area contributed by atoms with Crippen LogP contribution in [0.3, 0.4) is 0 Å². The summed E-state index contributed by atoms with van der Waals surface area (Å²) in [6, 6.07) is 21.6. The second-order valence-electron chi connectivity index (χ2n) is 5.43. The predicted molar refractivity (Wildman–Crippen MR) is 85.5 cm³/mol. The van der Waals surface area contributed by atoms with E-state index >= 15 is 0 Å². The average Bonchev–Trinajstić information content (AvgIpc) is 2.85. The molecule has 0 aromatic heterocycles. The summed E-state index contributed by atoms with van der Waals surface area (Å²) in [4.78, 5) is 12.2. The van der Waals surface area contributed by atoms with Gasteiger partial charge in [0, 0.05) is 17.5 Å². The van der Waals surface area contributed by atoms with Crippen molar-refractivity contribution in [2.45, 2.75) is 12.8 Å². The third-order valence-electron chi connectivity index (χ3n) is 4.08. The highest BCUT2D eigenvalue weighted by Crippen LogP contribution is 2.39. The molecule has 1 N–H and O–H groups in total. The quantitative estimate of drug-likeness (QED) is 0.860. The van der Waals surface area contributed by atoms with E-state index in [9.17, 15) is 10.1 Å². The molecule has 0 aliphatic carbocycles. The summed E-state index contributed by atoms with van der Waals surface area (Å²) in [5, 5.41) is 12.5. The first-order chi connectivity index (χ1) is 10.7. The number of carbonyl (C=O) groups is 1. The lowest BCUT2D eigenvalue weighted by Gasteiger charge is -2.16. The molecule has 3 heteroatoms. The van der Waals surface area contributed by atoms with Gasteiger partial charge in [-0.2, -0.15) is 5.26 Å². The molecule has 1 fully saturated rings. The Bertz CT molecular complexity index is 757. The number of benzene rings is 2. The Balaban J connectivity index is 2.17. The van der Waals surface area contributed by atoms with Crippen molar-refractivity contribution in [3.63, 3.8) is 0 Å². The number of rotatable bonds is 2. The van der Waals surface area contributed by atoms with Gasteiger partial charge >= 0.3 is 0 Å². The molecule has 0 bridgehead atoms. The van der Waals surface area contributed by atoms with Crippen LogP contribution < -0.4 is 5.32 Å². The van der Waals surface area contributed by atoms with Crippen LogP contribution in [0.4, 0.5) is 0 Å². The lowest BCUT2D eigenvalue weighted by molar-refractivity contribution is -0.121. The van der Waals surface area contributed by atoms with Gasteiger partial charge in [-0.05, 0) is 11.1 Å². The fourth-order valence-corrected chi connectivity index (χ4v) is 2.94. The minimum Gasteiger partial charge on any atom is -0.328 e. The smallest absolute Gasteiger partial charge is 0.228 e. The SMILES string of the molecule is CC1C(=O)N/C(=C(\C#N)c2ccccc2)C1c1ccccc1. The second kappa shape index (κ2) is 5.87. The molecular weight excluding hydrogens is 272 g/mol. The zero-order valence-corrected chi connectivity index (χ0v) is 12.3. The van der Waals surface area contributed by atoms with Gasteiger partial charge < -0.3 is 5.32 Å². The van der Waals surface area contributed by atoms with Crippen LogP contribution >= 0.6 is 0 Å². The molecule has 1 aliphatic rings.